The average molecular weight is 259 g/mol. The SMILES string of the molecule is O=[N+]([O-])c1cn(-c2ccccc2)nc1C1CC(O)C1. The third-order valence-electron chi connectivity index (χ3n) is 3.44. The minimum absolute atomic E-state index is 0.0136. The Morgan fingerprint density at radius 2 is 2.00 bits per heavy atom. The number of aliphatic hydroxyl groups is 1. The summed E-state index contributed by atoms with van der Waals surface area (Å²) in [5.41, 5.74) is 1.29. The molecular weight excluding hydrogens is 246 g/mol. The zero-order valence-electron chi connectivity index (χ0n) is 10.1. The molecule has 98 valence electrons. The van der Waals surface area contributed by atoms with Gasteiger partial charge in [-0.1, -0.05) is 18.2 Å². The number of para-hydroxylation sites is 1. The molecule has 6 nitrogen and oxygen atoms in total. The summed E-state index contributed by atoms with van der Waals surface area (Å²) in [6, 6.07) is 9.28. The summed E-state index contributed by atoms with van der Waals surface area (Å²) in [7, 11) is 0. The number of hydrogen-bond acceptors (Lipinski definition) is 4. The van der Waals surface area contributed by atoms with E-state index in [2.05, 4.69) is 5.10 Å². The molecule has 0 amide bonds. The molecular formula is C13H13N3O3. The molecule has 3 rings (SSSR count). The van der Waals surface area contributed by atoms with Gasteiger partial charge in [-0.2, -0.15) is 5.10 Å². The maximum Gasteiger partial charge on any atom is 0.310 e. The van der Waals surface area contributed by atoms with Crippen molar-refractivity contribution in [2.45, 2.75) is 24.9 Å². The highest BCUT2D eigenvalue weighted by atomic mass is 16.6. The molecule has 6 heteroatoms. The Balaban J connectivity index is 2.00. The van der Waals surface area contributed by atoms with Crippen molar-refractivity contribution in [2.24, 2.45) is 0 Å². The first-order valence-corrected chi connectivity index (χ1v) is 6.12. The van der Waals surface area contributed by atoms with Crippen LogP contribution in [0.5, 0.6) is 0 Å². The van der Waals surface area contributed by atoms with Gasteiger partial charge >= 0.3 is 5.69 Å². The van der Waals surface area contributed by atoms with Crippen LogP contribution in [0.1, 0.15) is 24.5 Å². The Labute approximate surface area is 109 Å². The van der Waals surface area contributed by atoms with E-state index >= 15 is 0 Å². The van der Waals surface area contributed by atoms with Crippen LogP contribution in [-0.4, -0.2) is 25.9 Å². The van der Waals surface area contributed by atoms with Crippen molar-refractivity contribution in [1.29, 1.82) is 0 Å². The van der Waals surface area contributed by atoms with Gasteiger partial charge in [-0.25, -0.2) is 4.68 Å². The Morgan fingerprint density at radius 1 is 1.32 bits per heavy atom. The van der Waals surface area contributed by atoms with Crippen molar-refractivity contribution in [2.75, 3.05) is 0 Å². The van der Waals surface area contributed by atoms with Crippen LogP contribution >= 0.6 is 0 Å². The van der Waals surface area contributed by atoms with Gasteiger partial charge in [0.15, 0.2) is 0 Å². The number of nitrogens with zero attached hydrogens (tertiary/aromatic N) is 3. The summed E-state index contributed by atoms with van der Waals surface area (Å²) in [5.74, 6) is -0.0136. The van der Waals surface area contributed by atoms with E-state index in [9.17, 15) is 15.2 Å². The third kappa shape index (κ3) is 2.10. The summed E-state index contributed by atoms with van der Waals surface area (Å²) in [6.07, 6.45) is 2.18. The third-order valence-corrected chi connectivity index (χ3v) is 3.44. The predicted octanol–water partition coefficient (Wildman–Crippen LogP) is 2.02. The van der Waals surface area contributed by atoms with Crippen molar-refractivity contribution < 1.29 is 10.0 Å². The quantitative estimate of drug-likeness (QED) is 0.675. The molecule has 1 aromatic heterocycles. The fourth-order valence-corrected chi connectivity index (χ4v) is 2.33. The minimum Gasteiger partial charge on any atom is -0.393 e. The van der Waals surface area contributed by atoms with E-state index in [4.69, 9.17) is 0 Å². The Hall–Kier alpha value is -2.21. The van der Waals surface area contributed by atoms with Crippen molar-refractivity contribution in [3.63, 3.8) is 0 Å². The highest BCUT2D eigenvalue weighted by molar-refractivity contribution is 5.41. The van der Waals surface area contributed by atoms with Crippen molar-refractivity contribution in [1.82, 2.24) is 9.78 Å². The van der Waals surface area contributed by atoms with Crippen LogP contribution in [0.4, 0.5) is 5.69 Å². The molecule has 0 atom stereocenters. The maximum absolute atomic E-state index is 11.1. The molecule has 2 aromatic rings. The lowest BCUT2D eigenvalue weighted by atomic mass is 9.80. The smallest absolute Gasteiger partial charge is 0.310 e. The minimum atomic E-state index is -0.410. The molecule has 1 aliphatic carbocycles. The van der Waals surface area contributed by atoms with Crippen molar-refractivity contribution in [3.05, 3.63) is 52.3 Å². The molecule has 1 heterocycles. The summed E-state index contributed by atoms with van der Waals surface area (Å²) >= 11 is 0. The van der Waals surface area contributed by atoms with Gasteiger partial charge in [0.2, 0.25) is 0 Å². The molecule has 0 aliphatic heterocycles. The van der Waals surface area contributed by atoms with Crippen LogP contribution < -0.4 is 0 Å². The van der Waals surface area contributed by atoms with E-state index in [0.717, 1.165) is 5.69 Å². The molecule has 0 unspecified atom stereocenters. The summed E-state index contributed by atoms with van der Waals surface area (Å²) in [5, 5.41) is 24.7. The lowest BCUT2D eigenvalue weighted by Crippen LogP contribution is -2.27. The second kappa shape index (κ2) is 4.47. The molecule has 1 fully saturated rings. The molecule has 19 heavy (non-hydrogen) atoms. The van der Waals surface area contributed by atoms with Crippen molar-refractivity contribution >= 4 is 5.69 Å². The fourth-order valence-electron chi connectivity index (χ4n) is 2.33. The largest absolute Gasteiger partial charge is 0.393 e. The lowest BCUT2D eigenvalue weighted by Gasteiger charge is -2.29. The summed E-state index contributed by atoms with van der Waals surface area (Å²) in [4.78, 5) is 10.7. The van der Waals surface area contributed by atoms with Gasteiger partial charge in [0.05, 0.1) is 16.7 Å². The molecule has 1 aliphatic rings. The zero-order valence-corrected chi connectivity index (χ0v) is 10.1. The van der Waals surface area contributed by atoms with Crippen LogP contribution in [-0.2, 0) is 0 Å². The zero-order chi connectivity index (χ0) is 13.4. The lowest BCUT2D eigenvalue weighted by molar-refractivity contribution is -0.386. The first-order valence-electron chi connectivity index (χ1n) is 6.12. The average Bonchev–Trinajstić information content (AvgIpc) is 2.81. The van der Waals surface area contributed by atoms with E-state index in [0.29, 0.717) is 18.5 Å². The Kier molecular flexibility index (Phi) is 2.79. The first-order chi connectivity index (χ1) is 9.15. The van der Waals surface area contributed by atoms with Gasteiger partial charge < -0.3 is 5.11 Å². The molecule has 0 bridgehead atoms. The standard InChI is InChI=1S/C13H13N3O3/c17-11-6-9(7-11)13-12(16(18)19)8-15(14-13)10-4-2-1-3-5-10/h1-5,8-9,11,17H,6-7H2. The van der Waals surface area contributed by atoms with Gasteiger partial charge in [0.25, 0.3) is 0 Å². The van der Waals surface area contributed by atoms with Crippen LogP contribution in [0.2, 0.25) is 0 Å². The van der Waals surface area contributed by atoms with Gasteiger partial charge in [-0.15, -0.1) is 0 Å². The van der Waals surface area contributed by atoms with E-state index in [1.165, 1.54) is 10.9 Å². The number of aromatic nitrogens is 2. The molecule has 1 aromatic carbocycles. The first kappa shape index (κ1) is 11.9. The second-order valence-electron chi connectivity index (χ2n) is 4.76. The van der Waals surface area contributed by atoms with Gasteiger partial charge in [0, 0.05) is 5.92 Å². The van der Waals surface area contributed by atoms with Crippen LogP contribution in [0.25, 0.3) is 5.69 Å². The molecule has 1 N–H and O–H groups in total. The topological polar surface area (TPSA) is 81.2 Å². The molecule has 0 spiro atoms. The van der Waals surface area contributed by atoms with Crippen LogP contribution in [0, 0.1) is 10.1 Å². The molecule has 0 saturated heterocycles. The predicted molar refractivity (Wildman–Crippen MR) is 68.2 cm³/mol. The highest BCUT2D eigenvalue weighted by Gasteiger charge is 2.36. The van der Waals surface area contributed by atoms with E-state index < -0.39 is 4.92 Å². The van der Waals surface area contributed by atoms with Gasteiger partial charge in [-0.3, -0.25) is 10.1 Å². The van der Waals surface area contributed by atoms with E-state index in [1.807, 2.05) is 30.3 Å². The Morgan fingerprint density at radius 3 is 2.58 bits per heavy atom. The van der Waals surface area contributed by atoms with Crippen molar-refractivity contribution in [3.8, 4) is 5.69 Å². The number of aliphatic hydroxyl groups excluding tert-OH is 1. The van der Waals surface area contributed by atoms with Gasteiger partial charge in [0.1, 0.15) is 11.9 Å². The number of nitro groups is 1. The van der Waals surface area contributed by atoms with Crippen LogP contribution in [0.3, 0.4) is 0 Å². The molecule has 0 radical (unpaired) electrons. The van der Waals surface area contributed by atoms with E-state index in [-0.39, 0.29) is 17.7 Å². The monoisotopic (exact) mass is 259 g/mol. The van der Waals surface area contributed by atoms with E-state index in [1.54, 1.807) is 0 Å². The highest BCUT2D eigenvalue weighted by Crippen LogP contribution is 2.40. The number of benzene rings is 1. The van der Waals surface area contributed by atoms with Gasteiger partial charge in [-0.05, 0) is 25.0 Å². The normalized spacial score (nSPS) is 21.9. The fraction of sp³-hybridized carbons (Fsp3) is 0.308. The maximum atomic E-state index is 11.1. The second-order valence-corrected chi connectivity index (χ2v) is 4.76. The molecule has 1 saturated carbocycles. The summed E-state index contributed by atoms with van der Waals surface area (Å²) < 4.78 is 1.53. The number of rotatable bonds is 3. The summed E-state index contributed by atoms with van der Waals surface area (Å²) in [6.45, 7) is 0. The Bertz CT molecular complexity index is 603. The van der Waals surface area contributed by atoms with Crippen LogP contribution in [0.15, 0.2) is 36.5 Å². The number of hydrogen-bond donors (Lipinski definition) is 1.